The van der Waals surface area contributed by atoms with E-state index in [0.29, 0.717) is 11.8 Å². The smallest absolute Gasteiger partial charge is 0.371 e. The quantitative estimate of drug-likeness (QED) is 0.837. The van der Waals surface area contributed by atoms with Gasteiger partial charge in [0.2, 0.25) is 5.76 Å². The molecule has 2 atom stereocenters. The Kier molecular flexibility index (Phi) is 2.55. The summed E-state index contributed by atoms with van der Waals surface area (Å²) in [6, 6.07) is 3.37. The molecule has 5 nitrogen and oxygen atoms in total. The van der Waals surface area contributed by atoms with Crippen molar-refractivity contribution in [3.8, 4) is 0 Å². The van der Waals surface area contributed by atoms with Crippen molar-refractivity contribution in [2.45, 2.75) is 31.4 Å². The molecule has 1 aromatic heterocycles. The fourth-order valence-electron chi connectivity index (χ4n) is 2.37. The van der Waals surface area contributed by atoms with E-state index >= 15 is 0 Å². The SMILES string of the molecule is O=C(O)c1ccc(NC2CCOC2C2CC2)o1. The molecule has 1 saturated carbocycles. The first-order valence-electron chi connectivity index (χ1n) is 5.95. The highest BCUT2D eigenvalue weighted by Gasteiger charge is 2.40. The lowest BCUT2D eigenvalue weighted by atomic mass is 10.1. The molecule has 3 rings (SSSR count). The van der Waals surface area contributed by atoms with E-state index in [1.165, 1.54) is 18.9 Å². The lowest BCUT2D eigenvalue weighted by Gasteiger charge is -2.18. The molecular formula is C12H15NO4. The Hall–Kier alpha value is -1.49. The van der Waals surface area contributed by atoms with Gasteiger partial charge in [0.1, 0.15) is 0 Å². The summed E-state index contributed by atoms with van der Waals surface area (Å²) in [5.74, 6) is 0.112. The van der Waals surface area contributed by atoms with E-state index in [2.05, 4.69) is 5.32 Å². The number of ether oxygens (including phenoxy) is 1. The fraction of sp³-hybridized carbons (Fsp3) is 0.583. The van der Waals surface area contributed by atoms with Crippen LogP contribution in [0.15, 0.2) is 16.5 Å². The molecule has 0 bridgehead atoms. The number of anilines is 1. The van der Waals surface area contributed by atoms with Crippen LogP contribution in [0.5, 0.6) is 0 Å². The molecule has 92 valence electrons. The van der Waals surface area contributed by atoms with Crippen LogP contribution in [0.4, 0.5) is 5.88 Å². The number of hydrogen-bond acceptors (Lipinski definition) is 4. The van der Waals surface area contributed by atoms with Crippen LogP contribution in [0.25, 0.3) is 0 Å². The molecule has 2 N–H and O–H groups in total. The molecule has 1 aliphatic heterocycles. The molecule has 0 spiro atoms. The molecule has 2 aliphatic rings. The number of furan rings is 1. The minimum absolute atomic E-state index is 0.0330. The number of rotatable bonds is 4. The molecular weight excluding hydrogens is 222 g/mol. The van der Waals surface area contributed by atoms with Gasteiger partial charge in [0, 0.05) is 12.7 Å². The number of aromatic carboxylic acids is 1. The van der Waals surface area contributed by atoms with Gasteiger partial charge >= 0.3 is 5.97 Å². The van der Waals surface area contributed by atoms with Crippen molar-refractivity contribution in [2.75, 3.05) is 11.9 Å². The summed E-state index contributed by atoms with van der Waals surface area (Å²) in [6.07, 6.45) is 3.68. The third kappa shape index (κ3) is 2.15. The number of nitrogens with one attached hydrogen (secondary N) is 1. The average Bonchev–Trinajstić information content (AvgIpc) is 2.86. The zero-order chi connectivity index (χ0) is 11.8. The van der Waals surface area contributed by atoms with E-state index < -0.39 is 5.97 Å². The van der Waals surface area contributed by atoms with Gasteiger partial charge in [0.05, 0.1) is 12.1 Å². The molecule has 0 aromatic carbocycles. The maximum Gasteiger partial charge on any atom is 0.371 e. The van der Waals surface area contributed by atoms with E-state index in [-0.39, 0.29) is 17.9 Å². The van der Waals surface area contributed by atoms with Crippen LogP contribution in [0.1, 0.15) is 29.8 Å². The van der Waals surface area contributed by atoms with Crippen molar-refractivity contribution in [1.82, 2.24) is 0 Å². The maximum absolute atomic E-state index is 10.7. The number of hydrogen-bond donors (Lipinski definition) is 2. The Morgan fingerprint density at radius 3 is 2.82 bits per heavy atom. The summed E-state index contributed by atoms with van der Waals surface area (Å²) >= 11 is 0. The molecule has 2 heterocycles. The van der Waals surface area contributed by atoms with Gasteiger partial charge in [-0.2, -0.15) is 0 Å². The van der Waals surface area contributed by atoms with Crippen molar-refractivity contribution >= 4 is 11.9 Å². The molecule has 1 aromatic rings. The first-order chi connectivity index (χ1) is 8.24. The van der Waals surface area contributed by atoms with Crippen molar-refractivity contribution < 1.29 is 19.1 Å². The Balaban J connectivity index is 1.66. The molecule has 17 heavy (non-hydrogen) atoms. The first kappa shape index (κ1) is 10.7. The highest BCUT2D eigenvalue weighted by atomic mass is 16.5. The van der Waals surface area contributed by atoms with Crippen LogP contribution in [0.3, 0.4) is 0 Å². The Labute approximate surface area is 98.8 Å². The van der Waals surface area contributed by atoms with Crippen molar-refractivity contribution in [1.29, 1.82) is 0 Å². The summed E-state index contributed by atoms with van der Waals surface area (Å²) in [5.41, 5.74) is 0. The second kappa shape index (κ2) is 4.07. The summed E-state index contributed by atoms with van der Waals surface area (Å²) in [7, 11) is 0. The van der Waals surface area contributed by atoms with Gasteiger partial charge in [0.15, 0.2) is 5.88 Å². The summed E-state index contributed by atoms with van der Waals surface area (Å²) in [6.45, 7) is 0.769. The monoisotopic (exact) mass is 237 g/mol. The number of carboxylic acids is 1. The van der Waals surface area contributed by atoms with Crippen molar-refractivity contribution in [3.63, 3.8) is 0 Å². The standard InChI is InChI=1S/C12H15NO4/c14-12(15)9-3-4-10(17-9)13-8-5-6-16-11(8)7-1-2-7/h3-4,7-8,11,13H,1-2,5-6H2,(H,14,15). The molecule has 1 saturated heterocycles. The minimum atomic E-state index is -1.04. The zero-order valence-electron chi connectivity index (χ0n) is 9.39. The third-order valence-corrected chi connectivity index (χ3v) is 3.37. The molecule has 2 unspecified atom stereocenters. The summed E-state index contributed by atoms with van der Waals surface area (Å²) in [5, 5.41) is 12.0. The lowest BCUT2D eigenvalue weighted by molar-refractivity contribution is 0.0663. The maximum atomic E-state index is 10.7. The Bertz CT molecular complexity index is 424. The van der Waals surface area contributed by atoms with Crippen molar-refractivity contribution in [2.24, 2.45) is 5.92 Å². The predicted octanol–water partition coefficient (Wildman–Crippen LogP) is 1.96. The normalized spacial score (nSPS) is 28.2. The van der Waals surface area contributed by atoms with Gasteiger partial charge in [-0.05, 0) is 31.2 Å². The second-order valence-corrected chi connectivity index (χ2v) is 4.68. The van der Waals surface area contributed by atoms with Crippen molar-refractivity contribution in [3.05, 3.63) is 17.9 Å². The average molecular weight is 237 g/mol. The number of carboxylic acid groups (broad SMARTS) is 1. The lowest BCUT2D eigenvalue weighted by Crippen LogP contribution is -2.30. The van der Waals surface area contributed by atoms with Crippen LogP contribution in [-0.2, 0) is 4.74 Å². The van der Waals surface area contributed by atoms with Gasteiger partial charge in [-0.1, -0.05) is 0 Å². The van der Waals surface area contributed by atoms with Crippen LogP contribution in [-0.4, -0.2) is 29.8 Å². The van der Waals surface area contributed by atoms with Gasteiger partial charge in [0.25, 0.3) is 0 Å². The second-order valence-electron chi connectivity index (χ2n) is 4.68. The Morgan fingerprint density at radius 2 is 2.18 bits per heavy atom. The van der Waals surface area contributed by atoms with Gasteiger partial charge in [-0.15, -0.1) is 0 Å². The van der Waals surface area contributed by atoms with E-state index in [9.17, 15) is 4.79 Å². The summed E-state index contributed by atoms with van der Waals surface area (Å²) in [4.78, 5) is 10.7. The topological polar surface area (TPSA) is 71.7 Å². The number of carbonyl (C=O) groups is 1. The van der Waals surface area contributed by atoms with E-state index in [1.54, 1.807) is 6.07 Å². The molecule has 5 heteroatoms. The molecule has 0 radical (unpaired) electrons. The van der Waals surface area contributed by atoms with Crippen LogP contribution in [0, 0.1) is 5.92 Å². The van der Waals surface area contributed by atoms with Crippen LogP contribution in [0.2, 0.25) is 0 Å². The van der Waals surface area contributed by atoms with Crippen LogP contribution < -0.4 is 5.32 Å². The zero-order valence-corrected chi connectivity index (χ0v) is 9.39. The van der Waals surface area contributed by atoms with Gasteiger partial charge in [-0.25, -0.2) is 4.79 Å². The fourth-order valence-corrected chi connectivity index (χ4v) is 2.37. The predicted molar refractivity (Wildman–Crippen MR) is 60.2 cm³/mol. The first-order valence-corrected chi connectivity index (χ1v) is 5.95. The van der Waals surface area contributed by atoms with E-state index in [1.807, 2.05) is 0 Å². The molecule has 0 amide bonds. The van der Waals surface area contributed by atoms with E-state index in [4.69, 9.17) is 14.3 Å². The highest BCUT2D eigenvalue weighted by molar-refractivity contribution is 5.84. The minimum Gasteiger partial charge on any atom is -0.475 e. The molecule has 2 fully saturated rings. The summed E-state index contributed by atoms with van der Waals surface area (Å²) < 4.78 is 10.9. The Morgan fingerprint density at radius 1 is 1.35 bits per heavy atom. The van der Waals surface area contributed by atoms with E-state index in [0.717, 1.165) is 13.0 Å². The van der Waals surface area contributed by atoms with Gasteiger partial charge in [-0.3, -0.25) is 0 Å². The van der Waals surface area contributed by atoms with Gasteiger partial charge < -0.3 is 19.6 Å². The highest BCUT2D eigenvalue weighted by Crippen LogP contribution is 2.39. The van der Waals surface area contributed by atoms with Crippen LogP contribution >= 0.6 is 0 Å². The largest absolute Gasteiger partial charge is 0.475 e. The third-order valence-electron chi connectivity index (χ3n) is 3.37. The molecule has 1 aliphatic carbocycles.